The zero-order valence-corrected chi connectivity index (χ0v) is 7.40. The molecule has 0 radical (unpaired) electrons. The number of aliphatic hydroxyl groups excluding tert-OH is 1. The van der Waals surface area contributed by atoms with E-state index < -0.39 is 0 Å². The van der Waals surface area contributed by atoms with Crippen molar-refractivity contribution in [3.05, 3.63) is 35.7 Å². The van der Waals surface area contributed by atoms with Crippen molar-refractivity contribution in [2.75, 3.05) is 0 Å². The molecule has 1 heterocycles. The highest BCUT2D eigenvalue weighted by atomic mass is 16.3. The van der Waals surface area contributed by atoms with Crippen molar-refractivity contribution in [1.29, 1.82) is 0 Å². The second-order valence-electron chi connectivity index (χ2n) is 2.68. The molecule has 0 aromatic carbocycles. The molecule has 0 aliphatic carbocycles. The Morgan fingerprint density at radius 3 is 2.85 bits per heavy atom. The standard InChI is InChI=1S/C10H11NO2/c1-8(13)2-3-9-4-5-10(7-12)11-6-9/h2-6,12H,7H2,1H3/b3-2+. The Bertz CT molecular complexity index is 314. The fourth-order valence-corrected chi connectivity index (χ4v) is 0.842. The molecule has 3 heteroatoms. The first kappa shape index (κ1) is 9.61. The van der Waals surface area contributed by atoms with Gasteiger partial charge in [0.15, 0.2) is 5.78 Å². The lowest BCUT2D eigenvalue weighted by molar-refractivity contribution is -0.112. The van der Waals surface area contributed by atoms with E-state index >= 15 is 0 Å². The van der Waals surface area contributed by atoms with E-state index in [4.69, 9.17) is 5.11 Å². The molecular weight excluding hydrogens is 166 g/mol. The lowest BCUT2D eigenvalue weighted by Crippen LogP contribution is -1.88. The summed E-state index contributed by atoms with van der Waals surface area (Å²) in [5, 5.41) is 8.71. The number of hydrogen-bond acceptors (Lipinski definition) is 3. The first-order valence-electron chi connectivity index (χ1n) is 3.97. The Labute approximate surface area is 76.7 Å². The smallest absolute Gasteiger partial charge is 0.152 e. The minimum atomic E-state index is -0.0588. The maximum atomic E-state index is 10.6. The summed E-state index contributed by atoms with van der Waals surface area (Å²) < 4.78 is 0. The molecule has 3 nitrogen and oxygen atoms in total. The number of carbonyl (C=O) groups is 1. The van der Waals surface area contributed by atoms with E-state index in [9.17, 15) is 4.79 Å². The van der Waals surface area contributed by atoms with Crippen molar-refractivity contribution < 1.29 is 9.90 Å². The van der Waals surface area contributed by atoms with Crippen molar-refractivity contribution in [1.82, 2.24) is 4.98 Å². The summed E-state index contributed by atoms with van der Waals surface area (Å²) in [5.41, 5.74) is 1.48. The van der Waals surface area contributed by atoms with Crippen LogP contribution in [0.2, 0.25) is 0 Å². The highest BCUT2D eigenvalue weighted by molar-refractivity contribution is 5.91. The molecule has 0 unspecified atom stereocenters. The van der Waals surface area contributed by atoms with Gasteiger partial charge in [-0.2, -0.15) is 0 Å². The van der Waals surface area contributed by atoms with Gasteiger partial charge in [0, 0.05) is 6.20 Å². The third-order valence-corrected chi connectivity index (χ3v) is 1.52. The molecule has 1 aromatic rings. The van der Waals surface area contributed by atoms with Crippen LogP contribution in [0.1, 0.15) is 18.2 Å². The first-order chi connectivity index (χ1) is 6.22. The van der Waals surface area contributed by atoms with Gasteiger partial charge in [0.05, 0.1) is 12.3 Å². The Morgan fingerprint density at radius 1 is 1.62 bits per heavy atom. The maximum Gasteiger partial charge on any atom is 0.152 e. The van der Waals surface area contributed by atoms with E-state index in [0.29, 0.717) is 5.69 Å². The summed E-state index contributed by atoms with van der Waals surface area (Å²) in [6.45, 7) is 1.43. The summed E-state index contributed by atoms with van der Waals surface area (Å²) in [4.78, 5) is 14.6. The lowest BCUT2D eigenvalue weighted by Gasteiger charge is -1.95. The molecule has 13 heavy (non-hydrogen) atoms. The van der Waals surface area contributed by atoms with Gasteiger partial charge in [0.2, 0.25) is 0 Å². The number of ketones is 1. The maximum absolute atomic E-state index is 10.6. The summed E-state index contributed by atoms with van der Waals surface area (Å²) in [7, 11) is 0. The molecule has 0 aliphatic heterocycles. The Hall–Kier alpha value is -1.48. The summed E-state index contributed by atoms with van der Waals surface area (Å²) in [6, 6.07) is 3.53. The summed E-state index contributed by atoms with van der Waals surface area (Å²) >= 11 is 0. The van der Waals surface area contributed by atoms with E-state index in [1.54, 1.807) is 24.4 Å². The third-order valence-electron chi connectivity index (χ3n) is 1.52. The number of nitrogens with zero attached hydrogens (tertiary/aromatic N) is 1. The molecule has 0 saturated heterocycles. The molecule has 0 bridgehead atoms. The molecular formula is C10H11NO2. The quantitative estimate of drug-likeness (QED) is 0.705. The molecule has 1 aromatic heterocycles. The van der Waals surface area contributed by atoms with E-state index in [1.807, 2.05) is 0 Å². The highest BCUT2D eigenvalue weighted by Gasteiger charge is 1.91. The van der Waals surface area contributed by atoms with Gasteiger partial charge in [-0.25, -0.2) is 0 Å². The average Bonchev–Trinajstić information content (AvgIpc) is 2.15. The predicted molar refractivity (Wildman–Crippen MR) is 49.9 cm³/mol. The van der Waals surface area contributed by atoms with Gasteiger partial charge >= 0.3 is 0 Å². The van der Waals surface area contributed by atoms with Crippen LogP contribution < -0.4 is 0 Å². The Balaban J connectivity index is 2.75. The predicted octanol–water partition coefficient (Wildman–Crippen LogP) is 1.18. The fourth-order valence-electron chi connectivity index (χ4n) is 0.842. The van der Waals surface area contributed by atoms with Gasteiger partial charge in [0.25, 0.3) is 0 Å². The molecule has 0 atom stereocenters. The van der Waals surface area contributed by atoms with Crippen LogP contribution in [0.5, 0.6) is 0 Å². The van der Waals surface area contributed by atoms with Crippen LogP contribution in [0.15, 0.2) is 24.4 Å². The average molecular weight is 177 g/mol. The van der Waals surface area contributed by atoms with E-state index in [0.717, 1.165) is 5.56 Å². The summed E-state index contributed by atoms with van der Waals surface area (Å²) in [5.74, 6) is 0.00577. The summed E-state index contributed by atoms with van der Waals surface area (Å²) in [6.07, 6.45) is 4.79. The topological polar surface area (TPSA) is 50.2 Å². The molecule has 0 fully saturated rings. The molecule has 68 valence electrons. The van der Waals surface area contributed by atoms with Gasteiger partial charge in [-0.1, -0.05) is 6.07 Å². The number of carbonyl (C=O) groups excluding carboxylic acids is 1. The Kier molecular flexibility index (Phi) is 3.34. The normalized spacial score (nSPS) is 10.6. The van der Waals surface area contributed by atoms with Crippen LogP contribution in [0, 0.1) is 0 Å². The second-order valence-corrected chi connectivity index (χ2v) is 2.68. The van der Waals surface area contributed by atoms with Crippen LogP contribution in [0.25, 0.3) is 6.08 Å². The molecule has 0 aliphatic rings. The van der Waals surface area contributed by atoms with Crippen LogP contribution in [-0.4, -0.2) is 15.9 Å². The SMILES string of the molecule is CC(=O)/C=C/c1ccc(CO)nc1. The fraction of sp³-hybridized carbons (Fsp3) is 0.200. The van der Waals surface area contributed by atoms with Crippen molar-refractivity contribution >= 4 is 11.9 Å². The molecule has 0 saturated carbocycles. The minimum Gasteiger partial charge on any atom is -0.390 e. The van der Waals surface area contributed by atoms with Crippen molar-refractivity contribution in [3.8, 4) is 0 Å². The van der Waals surface area contributed by atoms with Gasteiger partial charge in [-0.05, 0) is 30.7 Å². The van der Waals surface area contributed by atoms with E-state index in [1.165, 1.54) is 13.0 Å². The van der Waals surface area contributed by atoms with Crippen LogP contribution >= 0.6 is 0 Å². The van der Waals surface area contributed by atoms with Crippen LogP contribution in [-0.2, 0) is 11.4 Å². The number of allylic oxidation sites excluding steroid dienone is 1. The third kappa shape index (κ3) is 3.17. The zero-order valence-electron chi connectivity index (χ0n) is 7.40. The van der Waals surface area contributed by atoms with E-state index in [-0.39, 0.29) is 12.4 Å². The molecule has 1 rings (SSSR count). The van der Waals surface area contributed by atoms with Gasteiger partial charge in [-0.15, -0.1) is 0 Å². The molecule has 0 spiro atoms. The minimum absolute atomic E-state index is 0.00577. The molecule has 0 amide bonds. The number of aliphatic hydroxyl groups is 1. The highest BCUT2D eigenvalue weighted by Crippen LogP contribution is 2.02. The monoisotopic (exact) mass is 177 g/mol. The largest absolute Gasteiger partial charge is 0.390 e. The van der Waals surface area contributed by atoms with Crippen molar-refractivity contribution in [2.45, 2.75) is 13.5 Å². The van der Waals surface area contributed by atoms with Gasteiger partial charge < -0.3 is 5.11 Å². The van der Waals surface area contributed by atoms with Crippen molar-refractivity contribution in [2.24, 2.45) is 0 Å². The number of rotatable bonds is 3. The van der Waals surface area contributed by atoms with Gasteiger partial charge in [-0.3, -0.25) is 9.78 Å². The number of hydrogen-bond donors (Lipinski definition) is 1. The first-order valence-corrected chi connectivity index (χ1v) is 3.97. The number of aromatic nitrogens is 1. The molecule has 1 N–H and O–H groups in total. The van der Waals surface area contributed by atoms with Gasteiger partial charge in [0.1, 0.15) is 0 Å². The van der Waals surface area contributed by atoms with E-state index in [2.05, 4.69) is 4.98 Å². The number of pyridine rings is 1. The Morgan fingerprint density at radius 2 is 2.38 bits per heavy atom. The van der Waals surface area contributed by atoms with Crippen molar-refractivity contribution in [3.63, 3.8) is 0 Å². The van der Waals surface area contributed by atoms with Crippen LogP contribution in [0.4, 0.5) is 0 Å². The zero-order chi connectivity index (χ0) is 9.68. The lowest BCUT2D eigenvalue weighted by atomic mass is 10.2. The second kappa shape index (κ2) is 4.52. The van der Waals surface area contributed by atoms with Crippen LogP contribution in [0.3, 0.4) is 0 Å².